The van der Waals surface area contributed by atoms with Gasteiger partial charge in [-0.2, -0.15) is 13.2 Å². The maximum atomic E-state index is 12.6. The zero-order valence-electron chi connectivity index (χ0n) is 9.83. The molecule has 0 radical (unpaired) electrons. The molecular formula is C12H10BrF3N2S. The van der Waals surface area contributed by atoms with E-state index in [-0.39, 0.29) is 0 Å². The maximum Gasteiger partial charge on any atom is 0.443 e. The van der Waals surface area contributed by atoms with Gasteiger partial charge in [0.2, 0.25) is 0 Å². The van der Waals surface area contributed by atoms with E-state index in [2.05, 4.69) is 20.9 Å². The third-order valence-corrected chi connectivity index (χ3v) is 4.66. The molecule has 2 rings (SSSR count). The van der Waals surface area contributed by atoms with Crippen molar-refractivity contribution in [3.8, 4) is 0 Å². The third kappa shape index (κ3) is 2.82. The third-order valence-electron chi connectivity index (χ3n) is 2.69. The molecule has 102 valence electrons. The largest absolute Gasteiger partial charge is 0.443 e. The van der Waals surface area contributed by atoms with E-state index in [1.165, 1.54) is 6.20 Å². The van der Waals surface area contributed by atoms with E-state index in [1.54, 1.807) is 25.1 Å². The van der Waals surface area contributed by atoms with Gasteiger partial charge >= 0.3 is 6.18 Å². The predicted octanol–water partition coefficient (Wildman–Crippen LogP) is 4.15. The second kappa shape index (κ2) is 4.88. The summed E-state index contributed by atoms with van der Waals surface area (Å²) in [5.41, 5.74) is 5.88. The Morgan fingerprint density at radius 1 is 1.26 bits per heavy atom. The number of hydrogen-bond donors (Lipinski definition) is 1. The Balaban J connectivity index is 2.46. The smallest absolute Gasteiger partial charge is 0.317 e. The number of rotatable bonds is 2. The van der Waals surface area contributed by atoms with E-state index in [1.807, 2.05) is 6.07 Å². The zero-order valence-corrected chi connectivity index (χ0v) is 12.2. The van der Waals surface area contributed by atoms with Gasteiger partial charge in [-0.05, 0) is 18.6 Å². The van der Waals surface area contributed by atoms with Crippen molar-refractivity contribution in [2.75, 3.05) is 0 Å². The first-order valence-electron chi connectivity index (χ1n) is 5.30. The minimum Gasteiger partial charge on any atom is -0.317 e. The molecule has 0 saturated heterocycles. The highest BCUT2D eigenvalue weighted by Crippen LogP contribution is 2.39. The molecule has 19 heavy (non-hydrogen) atoms. The molecule has 0 bridgehead atoms. The monoisotopic (exact) mass is 350 g/mol. The zero-order chi connectivity index (χ0) is 14.3. The first-order chi connectivity index (χ1) is 8.73. The van der Waals surface area contributed by atoms with Crippen LogP contribution in [-0.2, 0) is 11.7 Å². The molecule has 1 aromatic carbocycles. The highest BCUT2D eigenvalue weighted by molar-refractivity contribution is 9.10. The van der Waals surface area contributed by atoms with Crippen LogP contribution < -0.4 is 5.73 Å². The van der Waals surface area contributed by atoms with Crippen molar-refractivity contribution in [2.24, 2.45) is 5.73 Å². The van der Waals surface area contributed by atoms with Crippen LogP contribution in [0.25, 0.3) is 0 Å². The van der Waals surface area contributed by atoms with Crippen molar-refractivity contribution in [3.63, 3.8) is 0 Å². The standard InChI is InChI=1S/C12H10BrF3N2S/c1-11(17,7-4-2-3-5-8(7)13)9-6-18-10(19-9)12(14,15)16/h2-6H,17H2,1H3. The number of aromatic nitrogens is 1. The van der Waals surface area contributed by atoms with Crippen molar-refractivity contribution in [3.05, 3.63) is 50.4 Å². The van der Waals surface area contributed by atoms with E-state index in [9.17, 15) is 13.2 Å². The lowest BCUT2D eigenvalue weighted by molar-refractivity contribution is -0.137. The average Bonchev–Trinajstić information content (AvgIpc) is 2.78. The molecule has 0 amide bonds. The van der Waals surface area contributed by atoms with Gasteiger partial charge < -0.3 is 5.73 Å². The van der Waals surface area contributed by atoms with Crippen molar-refractivity contribution in [1.29, 1.82) is 0 Å². The van der Waals surface area contributed by atoms with Crippen molar-refractivity contribution < 1.29 is 13.2 Å². The van der Waals surface area contributed by atoms with Crippen LogP contribution in [0.2, 0.25) is 0 Å². The fourth-order valence-electron chi connectivity index (χ4n) is 1.66. The molecule has 1 aromatic heterocycles. The SMILES string of the molecule is CC(N)(c1cnc(C(F)(F)F)s1)c1ccccc1Br. The molecular weight excluding hydrogens is 341 g/mol. The summed E-state index contributed by atoms with van der Waals surface area (Å²) in [6, 6.07) is 7.18. The Labute approximate surface area is 120 Å². The number of nitrogens with two attached hydrogens (primary N) is 1. The van der Waals surface area contributed by atoms with Crippen LogP contribution in [0.3, 0.4) is 0 Å². The fourth-order valence-corrected chi connectivity index (χ4v) is 3.21. The number of halogens is 4. The summed E-state index contributed by atoms with van der Waals surface area (Å²) < 4.78 is 38.5. The number of nitrogens with zero attached hydrogens (tertiary/aromatic N) is 1. The molecule has 0 aliphatic rings. The molecule has 0 aliphatic heterocycles. The van der Waals surface area contributed by atoms with Crippen molar-refractivity contribution in [2.45, 2.75) is 18.6 Å². The van der Waals surface area contributed by atoms with Crippen LogP contribution in [0.1, 0.15) is 22.4 Å². The average molecular weight is 351 g/mol. The van der Waals surface area contributed by atoms with E-state index < -0.39 is 16.7 Å². The normalized spacial score (nSPS) is 15.3. The fraction of sp³-hybridized carbons (Fsp3) is 0.250. The van der Waals surface area contributed by atoms with E-state index in [4.69, 9.17) is 5.73 Å². The first kappa shape index (κ1) is 14.5. The Bertz CT molecular complexity index is 593. The molecule has 0 saturated carbocycles. The number of thiazole rings is 1. The van der Waals surface area contributed by atoms with Gasteiger partial charge in [-0.25, -0.2) is 4.98 Å². The second-order valence-corrected chi connectivity index (χ2v) is 6.09. The van der Waals surface area contributed by atoms with E-state index in [0.29, 0.717) is 21.8 Å². The lowest BCUT2D eigenvalue weighted by atomic mass is 9.92. The second-order valence-electron chi connectivity index (χ2n) is 4.21. The summed E-state index contributed by atoms with van der Waals surface area (Å²) in [5.74, 6) is 0. The summed E-state index contributed by atoms with van der Waals surface area (Å²) in [6.45, 7) is 1.67. The van der Waals surface area contributed by atoms with Crippen LogP contribution in [0.15, 0.2) is 34.9 Å². The molecule has 7 heteroatoms. The molecule has 1 heterocycles. The number of hydrogen-bond acceptors (Lipinski definition) is 3. The lowest BCUT2D eigenvalue weighted by Gasteiger charge is -2.24. The lowest BCUT2D eigenvalue weighted by Crippen LogP contribution is -2.33. The minimum absolute atomic E-state index is 0.367. The molecule has 2 N–H and O–H groups in total. The van der Waals surface area contributed by atoms with Crippen LogP contribution in [0, 0.1) is 0 Å². The van der Waals surface area contributed by atoms with Crippen LogP contribution in [0.4, 0.5) is 13.2 Å². The Hall–Kier alpha value is -0.920. The van der Waals surface area contributed by atoms with Crippen molar-refractivity contribution >= 4 is 27.3 Å². The maximum absolute atomic E-state index is 12.6. The van der Waals surface area contributed by atoms with Crippen LogP contribution >= 0.6 is 27.3 Å². The summed E-state index contributed by atoms with van der Waals surface area (Å²) in [4.78, 5) is 3.77. The first-order valence-corrected chi connectivity index (χ1v) is 6.91. The van der Waals surface area contributed by atoms with Gasteiger partial charge in [-0.3, -0.25) is 0 Å². The highest BCUT2D eigenvalue weighted by atomic mass is 79.9. The van der Waals surface area contributed by atoms with Crippen LogP contribution in [0.5, 0.6) is 0 Å². The molecule has 0 fully saturated rings. The van der Waals surface area contributed by atoms with Gasteiger partial charge in [0.25, 0.3) is 0 Å². The number of benzene rings is 1. The highest BCUT2D eigenvalue weighted by Gasteiger charge is 2.37. The molecule has 0 spiro atoms. The molecule has 1 atom stereocenters. The van der Waals surface area contributed by atoms with Crippen LogP contribution in [-0.4, -0.2) is 4.98 Å². The Kier molecular flexibility index (Phi) is 3.72. The summed E-state index contributed by atoms with van der Waals surface area (Å²) in [5, 5.41) is -0.883. The van der Waals surface area contributed by atoms with Gasteiger partial charge in [0, 0.05) is 15.5 Å². The summed E-state index contributed by atoms with van der Waals surface area (Å²) >= 11 is 3.93. The van der Waals surface area contributed by atoms with Gasteiger partial charge in [0.05, 0.1) is 5.54 Å². The number of alkyl halides is 3. The minimum atomic E-state index is -4.44. The molecule has 2 nitrogen and oxygen atoms in total. The summed E-state index contributed by atoms with van der Waals surface area (Å²) in [7, 11) is 0. The van der Waals surface area contributed by atoms with Crippen molar-refractivity contribution in [1.82, 2.24) is 4.98 Å². The molecule has 2 aromatic rings. The van der Waals surface area contributed by atoms with Gasteiger partial charge in [0.15, 0.2) is 5.01 Å². The predicted molar refractivity (Wildman–Crippen MR) is 71.9 cm³/mol. The van der Waals surface area contributed by atoms with Gasteiger partial charge in [0.1, 0.15) is 0 Å². The van der Waals surface area contributed by atoms with E-state index in [0.717, 1.165) is 4.47 Å². The summed E-state index contributed by atoms with van der Waals surface area (Å²) in [6.07, 6.45) is -3.25. The van der Waals surface area contributed by atoms with E-state index >= 15 is 0 Å². The Morgan fingerprint density at radius 3 is 2.42 bits per heavy atom. The molecule has 1 unspecified atom stereocenters. The van der Waals surface area contributed by atoms with Gasteiger partial charge in [-0.15, -0.1) is 11.3 Å². The Morgan fingerprint density at radius 2 is 1.89 bits per heavy atom. The quantitative estimate of drug-likeness (QED) is 0.883. The van der Waals surface area contributed by atoms with Gasteiger partial charge in [-0.1, -0.05) is 34.1 Å². The molecule has 0 aliphatic carbocycles. The topological polar surface area (TPSA) is 38.9 Å².